The highest BCUT2D eigenvalue weighted by atomic mass is 35.5. The molecule has 0 radical (unpaired) electrons. The van der Waals surface area contributed by atoms with Crippen LogP contribution in [0.15, 0.2) is 36.4 Å². The fraction of sp³-hybridized carbons (Fsp3) is 0.458. The lowest BCUT2D eigenvalue weighted by atomic mass is 9.76. The zero-order valence-electron chi connectivity index (χ0n) is 17.1. The van der Waals surface area contributed by atoms with E-state index in [1.54, 1.807) is 13.2 Å². The molecule has 1 aliphatic heterocycles. The van der Waals surface area contributed by atoms with Gasteiger partial charge in [-0.25, -0.2) is 0 Å². The van der Waals surface area contributed by atoms with E-state index in [4.69, 9.17) is 21.1 Å². The molecule has 0 bridgehead atoms. The van der Waals surface area contributed by atoms with Gasteiger partial charge >= 0.3 is 5.97 Å². The Hall–Kier alpha value is -2.24. The summed E-state index contributed by atoms with van der Waals surface area (Å²) in [4.78, 5) is 13.8. The summed E-state index contributed by atoms with van der Waals surface area (Å²) < 4.78 is 11.2. The van der Waals surface area contributed by atoms with Gasteiger partial charge < -0.3 is 19.5 Å². The number of ether oxygens (including phenoxy) is 2. The maximum absolute atomic E-state index is 11.4. The molecule has 2 aromatic carbocycles. The van der Waals surface area contributed by atoms with Gasteiger partial charge in [-0.2, -0.15) is 0 Å². The molecule has 1 spiro atoms. The summed E-state index contributed by atoms with van der Waals surface area (Å²) in [6, 6.07) is 12.0. The fourth-order valence-electron chi connectivity index (χ4n) is 5.09. The number of carboxylic acids is 1. The molecule has 1 saturated heterocycles. The van der Waals surface area contributed by atoms with Crippen LogP contribution in [0.25, 0.3) is 0 Å². The summed E-state index contributed by atoms with van der Waals surface area (Å²) in [6.45, 7) is 3.11. The third kappa shape index (κ3) is 3.54. The summed E-state index contributed by atoms with van der Waals surface area (Å²) in [5.41, 5.74) is 3.48. The molecule has 3 aliphatic rings. The number of carbonyl (C=O) groups is 1. The Labute approximate surface area is 181 Å². The van der Waals surface area contributed by atoms with Crippen molar-refractivity contribution >= 4 is 17.6 Å². The standard InChI is InChI=1S/C24H26ClNO4/c1-29-19-4-3-17(21(25)9-19)12-30-20-5-2-16-10-23(11-18(16)8-20)13-26(14-23)15-24(6-7-24)22(27)28/h2-5,8-9H,6-7,10-15H2,1H3,(H,27,28). The van der Waals surface area contributed by atoms with E-state index in [2.05, 4.69) is 17.0 Å². The first-order valence-electron chi connectivity index (χ1n) is 10.4. The Morgan fingerprint density at radius 1 is 1.10 bits per heavy atom. The number of halogens is 1. The predicted octanol–water partition coefficient (Wildman–Crippen LogP) is 4.19. The first kappa shape index (κ1) is 19.7. The topological polar surface area (TPSA) is 59.0 Å². The minimum Gasteiger partial charge on any atom is -0.497 e. The van der Waals surface area contributed by atoms with Crippen molar-refractivity contribution in [1.82, 2.24) is 4.90 Å². The van der Waals surface area contributed by atoms with Crippen LogP contribution in [0.4, 0.5) is 0 Å². The number of aliphatic carboxylic acids is 1. The highest BCUT2D eigenvalue weighted by molar-refractivity contribution is 6.31. The van der Waals surface area contributed by atoms with Crippen molar-refractivity contribution in [1.29, 1.82) is 0 Å². The average Bonchev–Trinajstić information content (AvgIpc) is 3.39. The zero-order chi connectivity index (χ0) is 20.9. The predicted molar refractivity (Wildman–Crippen MR) is 114 cm³/mol. The fourth-order valence-corrected chi connectivity index (χ4v) is 5.31. The highest BCUT2D eigenvalue weighted by Gasteiger charge is 2.55. The Morgan fingerprint density at radius 2 is 1.83 bits per heavy atom. The number of rotatable bonds is 7. The number of carboxylic acid groups (broad SMARTS) is 1. The second-order valence-electron chi connectivity index (χ2n) is 9.26. The van der Waals surface area contributed by atoms with E-state index in [0.29, 0.717) is 18.2 Å². The molecule has 0 atom stereocenters. The maximum atomic E-state index is 11.4. The van der Waals surface area contributed by atoms with E-state index >= 15 is 0 Å². The van der Waals surface area contributed by atoms with E-state index in [1.807, 2.05) is 18.2 Å². The van der Waals surface area contributed by atoms with Crippen molar-refractivity contribution < 1.29 is 19.4 Å². The highest BCUT2D eigenvalue weighted by Crippen LogP contribution is 2.51. The van der Waals surface area contributed by atoms with Crippen LogP contribution in [0.5, 0.6) is 11.5 Å². The Kier molecular flexibility index (Phi) is 4.71. The van der Waals surface area contributed by atoms with Crippen molar-refractivity contribution in [2.45, 2.75) is 32.3 Å². The summed E-state index contributed by atoms with van der Waals surface area (Å²) in [7, 11) is 1.62. The summed E-state index contributed by atoms with van der Waals surface area (Å²) in [5.74, 6) is 0.964. The van der Waals surface area contributed by atoms with Crippen LogP contribution in [-0.4, -0.2) is 42.7 Å². The summed E-state index contributed by atoms with van der Waals surface area (Å²) in [5, 5.41) is 10.1. The molecule has 2 aromatic rings. The van der Waals surface area contributed by atoms with Gasteiger partial charge in [-0.05, 0) is 61.1 Å². The van der Waals surface area contributed by atoms with Crippen LogP contribution in [0.3, 0.4) is 0 Å². The maximum Gasteiger partial charge on any atom is 0.310 e. The van der Waals surface area contributed by atoms with Crippen molar-refractivity contribution in [2.24, 2.45) is 10.8 Å². The van der Waals surface area contributed by atoms with Gasteiger partial charge in [0, 0.05) is 30.6 Å². The van der Waals surface area contributed by atoms with Gasteiger partial charge in [0.2, 0.25) is 0 Å². The summed E-state index contributed by atoms with van der Waals surface area (Å²) >= 11 is 6.31. The Bertz CT molecular complexity index is 995. The average molecular weight is 428 g/mol. The molecular formula is C24H26ClNO4. The van der Waals surface area contributed by atoms with E-state index < -0.39 is 11.4 Å². The molecule has 5 nitrogen and oxygen atoms in total. The van der Waals surface area contributed by atoms with Gasteiger partial charge in [0.1, 0.15) is 18.1 Å². The molecule has 6 heteroatoms. The first-order chi connectivity index (χ1) is 14.4. The Balaban J connectivity index is 1.19. The van der Waals surface area contributed by atoms with E-state index in [9.17, 15) is 9.90 Å². The molecule has 2 aliphatic carbocycles. The van der Waals surface area contributed by atoms with E-state index in [-0.39, 0.29) is 5.41 Å². The second kappa shape index (κ2) is 7.17. The Morgan fingerprint density at radius 3 is 2.50 bits per heavy atom. The molecule has 0 aromatic heterocycles. The van der Waals surface area contributed by atoms with Crippen LogP contribution in [0.1, 0.15) is 29.5 Å². The minimum absolute atomic E-state index is 0.273. The first-order valence-corrected chi connectivity index (χ1v) is 10.8. The zero-order valence-corrected chi connectivity index (χ0v) is 17.9. The minimum atomic E-state index is -0.628. The molecule has 1 saturated carbocycles. The molecule has 1 N–H and O–H groups in total. The monoisotopic (exact) mass is 427 g/mol. The van der Waals surface area contributed by atoms with Crippen LogP contribution in [0, 0.1) is 10.8 Å². The lowest BCUT2D eigenvalue weighted by molar-refractivity contribution is -0.145. The quantitative estimate of drug-likeness (QED) is 0.717. The van der Waals surface area contributed by atoms with Gasteiger partial charge in [-0.1, -0.05) is 23.7 Å². The van der Waals surface area contributed by atoms with Gasteiger partial charge in [-0.3, -0.25) is 4.79 Å². The number of methoxy groups -OCH3 is 1. The normalized spacial score (nSPS) is 20.5. The SMILES string of the molecule is COc1ccc(COc2ccc3c(c2)CC2(C3)CN(CC3(C(=O)O)CC3)C2)c(Cl)c1. The van der Waals surface area contributed by atoms with Crippen molar-refractivity contribution in [3.63, 3.8) is 0 Å². The molecular weight excluding hydrogens is 402 g/mol. The third-order valence-corrected chi connectivity index (χ3v) is 7.27. The van der Waals surface area contributed by atoms with Gasteiger partial charge in [0.15, 0.2) is 0 Å². The lowest BCUT2D eigenvalue weighted by Gasteiger charge is -2.49. The van der Waals surface area contributed by atoms with Crippen LogP contribution in [-0.2, 0) is 24.2 Å². The van der Waals surface area contributed by atoms with Gasteiger partial charge in [0.25, 0.3) is 0 Å². The van der Waals surface area contributed by atoms with Crippen LogP contribution < -0.4 is 9.47 Å². The second-order valence-corrected chi connectivity index (χ2v) is 9.67. The number of likely N-dealkylation sites (tertiary alicyclic amines) is 1. The summed E-state index contributed by atoms with van der Waals surface area (Å²) in [6.07, 6.45) is 3.76. The third-order valence-electron chi connectivity index (χ3n) is 6.91. The number of hydrogen-bond acceptors (Lipinski definition) is 4. The van der Waals surface area contributed by atoms with Crippen molar-refractivity contribution in [3.05, 3.63) is 58.1 Å². The van der Waals surface area contributed by atoms with Crippen LogP contribution in [0.2, 0.25) is 5.02 Å². The molecule has 0 unspecified atom stereocenters. The van der Waals surface area contributed by atoms with E-state index in [1.165, 1.54) is 11.1 Å². The molecule has 1 heterocycles. The molecule has 2 fully saturated rings. The largest absolute Gasteiger partial charge is 0.497 e. The van der Waals surface area contributed by atoms with Crippen molar-refractivity contribution in [2.75, 3.05) is 26.7 Å². The number of hydrogen-bond donors (Lipinski definition) is 1. The lowest BCUT2D eigenvalue weighted by Crippen LogP contribution is -2.58. The van der Waals surface area contributed by atoms with E-state index in [0.717, 1.165) is 55.8 Å². The molecule has 5 rings (SSSR count). The number of fused-ring (bicyclic) bond motifs is 1. The molecule has 158 valence electrons. The van der Waals surface area contributed by atoms with Gasteiger partial charge in [0.05, 0.1) is 17.5 Å². The van der Waals surface area contributed by atoms with Gasteiger partial charge in [-0.15, -0.1) is 0 Å². The smallest absolute Gasteiger partial charge is 0.310 e. The molecule has 30 heavy (non-hydrogen) atoms. The number of nitrogens with zero attached hydrogens (tertiary/aromatic N) is 1. The van der Waals surface area contributed by atoms with Crippen LogP contribution >= 0.6 is 11.6 Å². The van der Waals surface area contributed by atoms with Crippen molar-refractivity contribution in [3.8, 4) is 11.5 Å². The molecule has 0 amide bonds. The number of benzene rings is 2.